The van der Waals surface area contributed by atoms with E-state index in [0.717, 1.165) is 15.7 Å². The highest BCUT2D eigenvalue weighted by atomic mass is 19.1. The van der Waals surface area contributed by atoms with Crippen molar-refractivity contribution in [3.8, 4) is 17.2 Å². The van der Waals surface area contributed by atoms with Gasteiger partial charge in [0.2, 0.25) is 0 Å². The van der Waals surface area contributed by atoms with E-state index in [0.29, 0.717) is 23.7 Å². The molecule has 3 aromatic carbocycles. The minimum Gasteiger partial charge on any atom is -0.497 e. The molecule has 0 aliphatic carbocycles. The molecule has 0 amide bonds. The molecule has 0 radical (unpaired) electrons. The normalized spacial score (nSPS) is 11.1. The van der Waals surface area contributed by atoms with Crippen LogP contribution in [0, 0.1) is 5.82 Å². The number of aromatic nitrogens is 4. The van der Waals surface area contributed by atoms with E-state index in [1.165, 1.54) is 35.2 Å². The second-order valence-corrected chi connectivity index (χ2v) is 8.19. The number of imidazole rings is 1. The second-order valence-electron chi connectivity index (χ2n) is 8.19. The Morgan fingerprint density at radius 1 is 0.861 bits per heavy atom. The molecule has 0 saturated heterocycles. The first kappa shape index (κ1) is 23.1. The Kier molecular flexibility index (Phi) is 6.12. The van der Waals surface area contributed by atoms with Gasteiger partial charge in [0.25, 0.3) is 5.56 Å². The van der Waals surface area contributed by atoms with Crippen LogP contribution >= 0.6 is 0 Å². The third-order valence-electron chi connectivity index (χ3n) is 6.02. The number of hydrogen-bond donors (Lipinski definition) is 0. The molecule has 0 bridgehead atoms. The SMILES string of the molecule is COc1ccc(Cn2c(=O)c3c(ncn3Cc3ccccc3OC)n(-c3ccc(F)cc3)c2=O)cc1. The van der Waals surface area contributed by atoms with E-state index in [-0.39, 0.29) is 17.7 Å². The first-order chi connectivity index (χ1) is 17.5. The van der Waals surface area contributed by atoms with E-state index >= 15 is 0 Å². The highest BCUT2D eigenvalue weighted by Gasteiger charge is 2.20. The number of fused-ring (bicyclic) bond motifs is 1. The molecular formula is C27H23FN4O4. The molecule has 0 atom stereocenters. The summed E-state index contributed by atoms with van der Waals surface area (Å²) in [7, 11) is 3.15. The fraction of sp³-hybridized carbons (Fsp3) is 0.148. The van der Waals surface area contributed by atoms with Crippen LogP contribution in [0.3, 0.4) is 0 Å². The summed E-state index contributed by atoms with van der Waals surface area (Å²) in [6, 6.07) is 20.1. The van der Waals surface area contributed by atoms with Crippen molar-refractivity contribution < 1.29 is 13.9 Å². The third kappa shape index (κ3) is 4.15. The van der Waals surface area contributed by atoms with Crippen molar-refractivity contribution in [2.75, 3.05) is 14.2 Å². The monoisotopic (exact) mass is 486 g/mol. The molecule has 0 fully saturated rings. The van der Waals surface area contributed by atoms with Crippen LogP contribution in [0.5, 0.6) is 11.5 Å². The van der Waals surface area contributed by atoms with Gasteiger partial charge in [-0.05, 0) is 48.0 Å². The smallest absolute Gasteiger partial charge is 0.337 e. The summed E-state index contributed by atoms with van der Waals surface area (Å²) in [5, 5.41) is 0. The molecule has 2 aromatic heterocycles. The fourth-order valence-electron chi connectivity index (χ4n) is 4.19. The predicted molar refractivity (Wildman–Crippen MR) is 134 cm³/mol. The van der Waals surface area contributed by atoms with E-state index in [2.05, 4.69) is 4.98 Å². The molecule has 8 nitrogen and oxygen atoms in total. The van der Waals surface area contributed by atoms with Crippen LogP contribution in [0.4, 0.5) is 4.39 Å². The highest BCUT2D eigenvalue weighted by molar-refractivity contribution is 5.72. The number of rotatable bonds is 7. The first-order valence-electron chi connectivity index (χ1n) is 11.2. The van der Waals surface area contributed by atoms with Gasteiger partial charge in [-0.2, -0.15) is 0 Å². The predicted octanol–water partition coefficient (Wildman–Crippen LogP) is 3.60. The average Bonchev–Trinajstić information content (AvgIpc) is 3.31. The maximum atomic E-state index is 13.7. The number of benzene rings is 3. The van der Waals surface area contributed by atoms with Crippen LogP contribution < -0.4 is 20.7 Å². The molecular weight excluding hydrogens is 463 g/mol. The van der Waals surface area contributed by atoms with Gasteiger partial charge in [-0.3, -0.25) is 9.36 Å². The molecule has 0 N–H and O–H groups in total. The third-order valence-corrected chi connectivity index (χ3v) is 6.02. The van der Waals surface area contributed by atoms with Gasteiger partial charge in [-0.25, -0.2) is 18.7 Å². The number of nitrogens with zero attached hydrogens (tertiary/aromatic N) is 4. The van der Waals surface area contributed by atoms with Crippen molar-refractivity contribution in [3.05, 3.63) is 117 Å². The summed E-state index contributed by atoms with van der Waals surface area (Å²) in [4.78, 5) is 31.8. The lowest BCUT2D eigenvalue weighted by Crippen LogP contribution is -2.40. The molecule has 5 rings (SSSR count). The summed E-state index contributed by atoms with van der Waals surface area (Å²) < 4.78 is 28.5. The maximum absolute atomic E-state index is 13.7. The summed E-state index contributed by atoms with van der Waals surface area (Å²) in [6.45, 7) is 0.346. The average molecular weight is 487 g/mol. The van der Waals surface area contributed by atoms with Gasteiger partial charge in [0.15, 0.2) is 11.2 Å². The van der Waals surface area contributed by atoms with E-state index in [9.17, 15) is 14.0 Å². The molecule has 36 heavy (non-hydrogen) atoms. The number of ether oxygens (including phenoxy) is 2. The topological polar surface area (TPSA) is 80.3 Å². The van der Waals surface area contributed by atoms with Gasteiger partial charge in [0, 0.05) is 5.56 Å². The Balaban J connectivity index is 1.72. The van der Waals surface area contributed by atoms with Crippen LogP contribution in [-0.4, -0.2) is 32.9 Å². The number of halogens is 1. The van der Waals surface area contributed by atoms with Crippen molar-refractivity contribution in [2.45, 2.75) is 13.1 Å². The zero-order valence-corrected chi connectivity index (χ0v) is 19.7. The molecule has 5 aromatic rings. The van der Waals surface area contributed by atoms with Crippen molar-refractivity contribution >= 4 is 11.2 Å². The van der Waals surface area contributed by atoms with Crippen molar-refractivity contribution in [2.24, 2.45) is 0 Å². The zero-order chi connectivity index (χ0) is 25.2. The largest absolute Gasteiger partial charge is 0.497 e. The number of para-hydroxylation sites is 1. The fourth-order valence-corrected chi connectivity index (χ4v) is 4.19. The van der Waals surface area contributed by atoms with Crippen molar-refractivity contribution in [3.63, 3.8) is 0 Å². The summed E-state index contributed by atoms with van der Waals surface area (Å²) in [5.41, 5.74) is 1.39. The van der Waals surface area contributed by atoms with Crippen LogP contribution in [0.25, 0.3) is 16.9 Å². The molecule has 0 spiro atoms. The summed E-state index contributed by atoms with van der Waals surface area (Å²) in [5.74, 6) is 0.904. The maximum Gasteiger partial charge on any atom is 0.337 e. The number of hydrogen-bond acceptors (Lipinski definition) is 5. The van der Waals surface area contributed by atoms with Crippen LogP contribution in [0.15, 0.2) is 88.7 Å². The molecule has 182 valence electrons. The molecule has 0 unspecified atom stereocenters. The number of methoxy groups -OCH3 is 2. The van der Waals surface area contributed by atoms with E-state index in [4.69, 9.17) is 9.47 Å². The van der Waals surface area contributed by atoms with E-state index in [1.807, 2.05) is 24.3 Å². The lowest BCUT2D eigenvalue weighted by Gasteiger charge is -2.14. The van der Waals surface area contributed by atoms with Gasteiger partial charge >= 0.3 is 5.69 Å². The Morgan fingerprint density at radius 2 is 1.58 bits per heavy atom. The van der Waals surface area contributed by atoms with Gasteiger partial charge in [-0.15, -0.1) is 0 Å². The standard InChI is InChI=1S/C27H23FN4O4/c1-35-22-13-7-18(8-14-22)15-31-26(33)24-25(32(27(31)34)21-11-9-20(28)10-12-21)29-17-30(24)16-19-5-3-4-6-23(19)36-2/h3-14,17H,15-16H2,1-2H3. The zero-order valence-electron chi connectivity index (χ0n) is 19.7. The van der Waals surface area contributed by atoms with Crippen molar-refractivity contribution in [1.82, 2.24) is 18.7 Å². The second kappa shape index (κ2) is 9.53. The Labute approximate surface area is 205 Å². The van der Waals surface area contributed by atoms with Crippen LogP contribution in [0.2, 0.25) is 0 Å². The van der Waals surface area contributed by atoms with E-state index < -0.39 is 17.1 Å². The molecule has 2 heterocycles. The van der Waals surface area contributed by atoms with Crippen LogP contribution in [0.1, 0.15) is 11.1 Å². The van der Waals surface area contributed by atoms with Crippen molar-refractivity contribution in [1.29, 1.82) is 0 Å². The van der Waals surface area contributed by atoms with Crippen LogP contribution in [-0.2, 0) is 13.1 Å². The lowest BCUT2D eigenvalue weighted by molar-refractivity contribution is 0.408. The molecule has 0 saturated carbocycles. The lowest BCUT2D eigenvalue weighted by atomic mass is 10.2. The molecule has 0 aliphatic heterocycles. The Hall–Kier alpha value is -4.66. The van der Waals surface area contributed by atoms with Gasteiger partial charge in [0.05, 0.1) is 39.3 Å². The molecule has 9 heteroatoms. The summed E-state index contributed by atoms with van der Waals surface area (Å²) in [6.07, 6.45) is 1.52. The van der Waals surface area contributed by atoms with Gasteiger partial charge < -0.3 is 14.0 Å². The minimum atomic E-state index is -0.572. The Morgan fingerprint density at radius 3 is 2.28 bits per heavy atom. The highest BCUT2D eigenvalue weighted by Crippen LogP contribution is 2.21. The van der Waals surface area contributed by atoms with Gasteiger partial charge in [-0.1, -0.05) is 30.3 Å². The summed E-state index contributed by atoms with van der Waals surface area (Å²) >= 11 is 0. The quantitative estimate of drug-likeness (QED) is 0.351. The van der Waals surface area contributed by atoms with Gasteiger partial charge in [0.1, 0.15) is 17.3 Å². The Bertz CT molecular complexity index is 1650. The molecule has 0 aliphatic rings. The first-order valence-corrected chi connectivity index (χ1v) is 11.2. The van der Waals surface area contributed by atoms with E-state index in [1.54, 1.807) is 43.1 Å². The minimum absolute atomic E-state index is 0.0403.